The van der Waals surface area contributed by atoms with E-state index in [1.807, 2.05) is 60.7 Å². The normalized spacial score (nSPS) is 16.5. The van der Waals surface area contributed by atoms with Crippen LogP contribution in [0.5, 0.6) is 0 Å². The second-order valence-corrected chi connectivity index (χ2v) is 8.98. The van der Waals surface area contributed by atoms with Gasteiger partial charge in [0, 0.05) is 27.1 Å². The SMILES string of the molecule is BrC1=C(c2nc(-c3ccccc3)nc(-c3ccccc3)n2)C2=CC=CC=CC2c2ccccc21. The van der Waals surface area contributed by atoms with Crippen LogP contribution in [-0.4, -0.2) is 15.0 Å². The van der Waals surface area contributed by atoms with E-state index in [0.717, 1.165) is 26.7 Å². The third-order valence-electron chi connectivity index (χ3n) is 6.10. The molecule has 3 aromatic carbocycles. The van der Waals surface area contributed by atoms with Crippen molar-refractivity contribution in [3.8, 4) is 22.8 Å². The Morgan fingerprint density at radius 1 is 0.588 bits per heavy atom. The first-order valence-electron chi connectivity index (χ1n) is 11.2. The maximum atomic E-state index is 5.00. The smallest absolute Gasteiger partial charge is 0.165 e. The summed E-state index contributed by atoms with van der Waals surface area (Å²) in [4.78, 5) is 14.9. The fourth-order valence-electron chi connectivity index (χ4n) is 4.49. The van der Waals surface area contributed by atoms with Gasteiger partial charge in [-0.15, -0.1) is 0 Å². The van der Waals surface area contributed by atoms with E-state index in [4.69, 9.17) is 15.0 Å². The van der Waals surface area contributed by atoms with Crippen molar-refractivity contribution in [2.75, 3.05) is 0 Å². The molecule has 0 radical (unpaired) electrons. The molecule has 3 nitrogen and oxygen atoms in total. The first-order valence-corrected chi connectivity index (χ1v) is 12.0. The minimum atomic E-state index is 0.125. The third-order valence-corrected chi connectivity index (χ3v) is 6.92. The van der Waals surface area contributed by atoms with Crippen LogP contribution in [0, 0.1) is 0 Å². The quantitative estimate of drug-likeness (QED) is 0.289. The first-order chi connectivity index (χ1) is 16.8. The van der Waals surface area contributed by atoms with E-state index >= 15 is 0 Å². The average molecular weight is 502 g/mol. The molecule has 0 fully saturated rings. The standard InChI is InChI=1S/C30H20BrN3/c31-27-25-19-11-10-17-23(25)22-16-8-3-9-18-24(22)26(27)30-33-28(20-12-4-1-5-13-20)32-29(34-30)21-14-6-2-7-15-21/h1-19,22H. The molecule has 1 atom stereocenters. The second-order valence-electron chi connectivity index (χ2n) is 8.18. The van der Waals surface area contributed by atoms with Crippen LogP contribution in [0.4, 0.5) is 0 Å². The predicted octanol–water partition coefficient (Wildman–Crippen LogP) is 7.62. The molecule has 162 valence electrons. The lowest BCUT2D eigenvalue weighted by Crippen LogP contribution is -2.13. The van der Waals surface area contributed by atoms with Gasteiger partial charge in [-0.05, 0) is 32.6 Å². The Hall–Kier alpha value is -3.89. The minimum absolute atomic E-state index is 0.125. The van der Waals surface area contributed by atoms with E-state index in [2.05, 4.69) is 70.6 Å². The van der Waals surface area contributed by atoms with Gasteiger partial charge in [-0.3, -0.25) is 0 Å². The lowest BCUT2D eigenvalue weighted by molar-refractivity contribution is 0.985. The molecular weight excluding hydrogens is 482 g/mol. The van der Waals surface area contributed by atoms with Crippen LogP contribution >= 0.6 is 15.9 Å². The van der Waals surface area contributed by atoms with E-state index in [-0.39, 0.29) is 5.92 Å². The van der Waals surface area contributed by atoms with Crippen LogP contribution in [0.25, 0.3) is 32.8 Å². The summed E-state index contributed by atoms with van der Waals surface area (Å²) in [6.45, 7) is 0. The van der Waals surface area contributed by atoms with E-state index < -0.39 is 0 Å². The molecule has 0 saturated heterocycles. The highest BCUT2D eigenvalue weighted by molar-refractivity contribution is 9.15. The molecule has 0 aliphatic heterocycles. The topological polar surface area (TPSA) is 38.7 Å². The van der Waals surface area contributed by atoms with Crippen molar-refractivity contribution in [1.82, 2.24) is 15.0 Å². The van der Waals surface area contributed by atoms with Gasteiger partial charge in [0.25, 0.3) is 0 Å². The number of nitrogens with zero attached hydrogens (tertiary/aromatic N) is 3. The second kappa shape index (κ2) is 8.81. The first kappa shape index (κ1) is 20.7. The average Bonchev–Trinajstić information content (AvgIpc) is 3.16. The molecule has 34 heavy (non-hydrogen) atoms. The largest absolute Gasteiger partial charge is 0.208 e. The zero-order chi connectivity index (χ0) is 22.9. The Labute approximate surface area is 207 Å². The summed E-state index contributed by atoms with van der Waals surface area (Å²) < 4.78 is 0.999. The number of benzene rings is 3. The number of halogens is 1. The van der Waals surface area contributed by atoms with E-state index in [9.17, 15) is 0 Å². The van der Waals surface area contributed by atoms with Gasteiger partial charge in [0.15, 0.2) is 17.5 Å². The van der Waals surface area contributed by atoms with Gasteiger partial charge in [0.05, 0.1) is 0 Å². The maximum absolute atomic E-state index is 5.00. The van der Waals surface area contributed by atoms with Crippen molar-refractivity contribution in [3.05, 3.63) is 138 Å². The summed E-state index contributed by atoms with van der Waals surface area (Å²) in [7, 11) is 0. The predicted molar refractivity (Wildman–Crippen MR) is 142 cm³/mol. The lowest BCUT2D eigenvalue weighted by atomic mass is 9.78. The monoisotopic (exact) mass is 501 g/mol. The summed E-state index contributed by atoms with van der Waals surface area (Å²) in [6.07, 6.45) is 10.7. The highest BCUT2D eigenvalue weighted by Gasteiger charge is 2.31. The van der Waals surface area contributed by atoms with Crippen molar-refractivity contribution in [2.45, 2.75) is 5.92 Å². The molecule has 4 aromatic rings. The molecule has 1 aromatic heterocycles. The van der Waals surface area contributed by atoms with E-state index in [1.165, 1.54) is 11.1 Å². The van der Waals surface area contributed by atoms with Crippen molar-refractivity contribution < 1.29 is 0 Å². The number of rotatable bonds is 3. The van der Waals surface area contributed by atoms with Crippen molar-refractivity contribution >= 4 is 26.0 Å². The fraction of sp³-hybridized carbons (Fsp3) is 0.0333. The molecule has 0 saturated carbocycles. The van der Waals surface area contributed by atoms with Crippen molar-refractivity contribution in [2.24, 2.45) is 0 Å². The van der Waals surface area contributed by atoms with Crippen LogP contribution in [-0.2, 0) is 0 Å². The Morgan fingerprint density at radius 2 is 1.18 bits per heavy atom. The molecule has 0 spiro atoms. The van der Waals surface area contributed by atoms with E-state index in [1.54, 1.807) is 0 Å². The van der Waals surface area contributed by atoms with Crippen molar-refractivity contribution in [3.63, 3.8) is 0 Å². The van der Waals surface area contributed by atoms with Gasteiger partial charge < -0.3 is 0 Å². The molecule has 1 heterocycles. The zero-order valence-electron chi connectivity index (χ0n) is 18.3. The molecule has 2 aliphatic carbocycles. The highest BCUT2D eigenvalue weighted by Crippen LogP contribution is 2.49. The molecule has 0 N–H and O–H groups in total. The van der Waals surface area contributed by atoms with Gasteiger partial charge in [-0.2, -0.15) is 0 Å². The van der Waals surface area contributed by atoms with Gasteiger partial charge in [0.2, 0.25) is 0 Å². The molecule has 0 amide bonds. The molecule has 2 aliphatic rings. The number of fused-ring (bicyclic) bond motifs is 3. The highest BCUT2D eigenvalue weighted by atomic mass is 79.9. The van der Waals surface area contributed by atoms with Crippen LogP contribution < -0.4 is 0 Å². The Bertz CT molecular complexity index is 1440. The number of hydrogen-bond acceptors (Lipinski definition) is 3. The summed E-state index contributed by atoms with van der Waals surface area (Å²) in [5.74, 6) is 2.11. The number of allylic oxidation sites excluding steroid dienone is 7. The zero-order valence-corrected chi connectivity index (χ0v) is 19.9. The number of hydrogen-bond donors (Lipinski definition) is 0. The Morgan fingerprint density at radius 3 is 1.85 bits per heavy atom. The van der Waals surface area contributed by atoms with Crippen LogP contribution in [0.1, 0.15) is 22.9 Å². The third kappa shape index (κ3) is 3.66. The molecule has 4 heteroatoms. The van der Waals surface area contributed by atoms with Gasteiger partial charge in [0.1, 0.15) is 0 Å². The Balaban J connectivity index is 1.64. The van der Waals surface area contributed by atoms with Crippen LogP contribution in [0.3, 0.4) is 0 Å². The Kier molecular flexibility index (Phi) is 5.36. The molecule has 0 bridgehead atoms. The van der Waals surface area contributed by atoms with Crippen LogP contribution in [0.15, 0.2) is 121 Å². The summed E-state index contributed by atoms with van der Waals surface area (Å²) in [5, 5.41) is 0. The van der Waals surface area contributed by atoms with Gasteiger partial charge >= 0.3 is 0 Å². The molecule has 6 rings (SSSR count). The summed E-state index contributed by atoms with van der Waals surface area (Å²) in [6, 6.07) is 28.7. The molecule has 1 unspecified atom stereocenters. The molecular formula is C30H20BrN3. The lowest BCUT2D eigenvalue weighted by Gasteiger charge is -2.28. The maximum Gasteiger partial charge on any atom is 0.165 e. The van der Waals surface area contributed by atoms with Crippen LogP contribution in [0.2, 0.25) is 0 Å². The summed E-state index contributed by atoms with van der Waals surface area (Å²) in [5.41, 5.74) is 6.51. The van der Waals surface area contributed by atoms with Crippen molar-refractivity contribution in [1.29, 1.82) is 0 Å². The van der Waals surface area contributed by atoms with E-state index in [0.29, 0.717) is 17.5 Å². The fourth-order valence-corrected chi connectivity index (χ4v) is 5.26. The van der Waals surface area contributed by atoms with Gasteiger partial charge in [-0.25, -0.2) is 15.0 Å². The number of aromatic nitrogens is 3. The summed E-state index contributed by atoms with van der Waals surface area (Å²) >= 11 is 3.93. The minimum Gasteiger partial charge on any atom is -0.208 e. The van der Waals surface area contributed by atoms with Gasteiger partial charge in [-0.1, -0.05) is 115 Å².